The molecule has 0 heterocycles. The highest BCUT2D eigenvalue weighted by molar-refractivity contribution is 6.24. The van der Waals surface area contributed by atoms with E-state index in [0.717, 1.165) is 11.1 Å². The Morgan fingerprint density at radius 2 is 1.04 bits per heavy atom. The Labute approximate surface area is 159 Å². The van der Waals surface area contributed by atoms with Gasteiger partial charge in [-0.2, -0.15) is 3.84 Å². The number of benzene rings is 2. The van der Waals surface area contributed by atoms with E-state index in [1.807, 2.05) is 64.1 Å². The van der Waals surface area contributed by atoms with Gasteiger partial charge in [-0.05, 0) is 63.1 Å². The molecule has 2 rings (SSSR count). The van der Waals surface area contributed by atoms with Gasteiger partial charge in [-0.25, -0.2) is 0 Å². The van der Waals surface area contributed by atoms with E-state index in [4.69, 9.17) is 20.9 Å². The Kier molecular flexibility index (Phi) is 8.69. The van der Waals surface area contributed by atoms with Crippen molar-refractivity contribution in [3.8, 4) is 22.6 Å². The highest BCUT2D eigenvalue weighted by Crippen LogP contribution is 2.33. The summed E-state index contributed by atoms with van der Waals surface area (Å²) in [5.41, 5.74) is 15.2. The molecule has 4 N–H and O–H groups in total. The molecule has 0 spiro atoms. The van der Waals surface area contributed by atoms with Crippen molar-refractivity contribution in [3.05, 3.63) is 36.4 Å². The van der Waals surface area contributed by atoms with Crippen molar-refractivity contribution in [2.45, 2.75) is 39.9 Å². The lowest BCUT2D eigenvalue weighted by Gasteiger charge is -2.15. The van der Waals surface area contributed by atoms with E-state index in [1.165, 1.54) is 0 Å². The number of hydrogen-bond donors (Lipinski definition) is 2. The second kappa shape index (κ2) is 10.2. The maximum atomic E-state index is 5.97. The monoisotopic (exact) mass is 386 g/mol. The van der Waals surface area contributed by atoms with E-state index in [9.17, 15) is 0 Å². The largest absolute Gasteiger partial charge is 0.489 e. The van der Waals surface area contributed by atoms with Crippen LogP contribution in [0.1, 0.15) is 27.7 Å². The lowest BCUT2D eigenvalue weighted by Crippen LogP contribution is -2.08. The third kappa shape index (κ3) is 6.90. The standard InChI is InChI=1S/C18H24N2O2.Cl2O/c1-11(2)21-17-9-13(5-7-15(17)19)14-6-8-16(20)18(10-14)22-12(3)4;1-3-2/h5-12H,19-20H2,1-4H3;. The summed E-state index contributed by atoms with van der Waals surface area (Å²) >= 11 is 8.53. The molecule has 0 aliphatic carbocycles. The zero-order valence-corrected chi connectivity index (χ0v) is 16.3. The predicted octanol–water partition coefficient (Wildman–Crippen LogP) is 5.40. The number of anilines is 2. The zero-order chi connectivity index (χ0) is 19.0. The third-order valence-corrected chi connectivity index (χ3v) is 3.09. The van der Waals surface area contributed by atoms with Crippen molar-refractivity contribution in [2.75, 3.05) is 11.5 Å². The molecule has 5 nitrogen and oxygen atoms in total. The molecule has 0 bridgehead atoms. The summed E-state index contributed by atoms with van der Waals surface area (Å²) in [5.74, 6) is 1.38. The minimum absolute atomic E-state index is 0.0730. The van der Waals surface area contributed by atoms with Crippen LogP contribution in [-0.4, -0.2) is 12.2 Å². The molecule has 0 aromatic heterocycles. The molecule has 138 valence electrons. The molecule has 25 heavy (non-hydrogen) atoms. The van der Waals surface area contributed by atoms with Crippen LogP contribution in [0.3, 0.4) is 0 Å². The van der Waals surface area contributed by atoms with Crippen LogP contribution in [0.25, 0.3) is 11.1 Å². The Morgan fingerprint density at radius 1 is 0.720 bits per heavy atom. The molecule has 0 radical (unpaired) electrons. The topological polar surface area (TPSA) is 79.7 Å². The first-order chi connectivity index (χ1) is 11.8. The van der Waals surface area contributed by atoms with E-state index in [2.05, 4.69) is 27.6 Å². The van der Waals surface area contributed by atoms with Crippen molar-refractivity contribution in [1.82, 2.24) is 0 Å². The van der Waals surface area contributed by atoms with Crippen LogP contribution in [0.5, 0.6) is 11.5 Å². The van der Waals surface area contributed by atoms with Crippen LogP contribution >= 0.6 is 23.7 Å². The number of ether oxygens (including phenoxy) is 2. The highest BCUT2D eigenvalue weighted by Gasteiger charge is 2.09. The quantitative estimate of drug-likeness (QED) is 0.671. The normalized spacial score (nSPS) is 10.4. The summed E-state index contributed by atoms with van der Waals surface area (Å²) in [6.07, 6.45) is 0.146. The third-order valence-electron chi connectivity index (χ3n) is 3.09. The lowest BCUT2D eigenvalue weighted by atomic mass is 10.0. The summed E-state index contributed by atoms with van der Waals surface area (Å²) < 4.78 is 14.7. The first kappa shape index (κ1) is 21.2. The molecule has 0 atom stereocenters. The minimum Gasteiger partial charge on any atom is -0.489 e. The zero-order valence-electron chi connectivity index (χ0n) is 14.8. The lowest BCUT2D eigenvalue weighted by molar-refractivity contribution is 0.243. The maximum absolute atomic E-state index is 5.97. The van der Waals surface area contributed by atoms with Gasteiger partial charge in [-0.1, -0.05) is 12.1 Å². The van der Waals surface area contributed by atoms with Crippen LogP contribution in [0, 0.1) is 0 Å². The van der Waals surface area contributed by atoms with E-state index < -0.39 is 0 Å². The van der Waals surface area contributed by atoms with E-state index in [0.29, 0.717) is 22.9 Å². The average Bonchev–Trinajstić information content (AvgIpc) is 2.51. The molecule has 2 aromatic rings. The Bertz CT molecular complexity index is 622. The minimum atomic E-state index is 0.0730. The summed E-state index contributed by atoms with van der Waals surface area (Å²) in [4.78, 5) is 0. The molecule has 0 aliphatic rings. The van der Waals surface area contributed by atoms with Gasteiger partial charge in [0.1, 0.15) is 11.5 Å². The molecule has 0 saturated carbocycles. The summed E-state index contributed by atoms with van der Waals surface area (Å²) in [7, 11) is 0. The molecule has 7 heteroatoms. The summed E-state index contributed by atoms with van der Waals surface area (Å²) in [5, 5.41) is 0. The second-order valence-electron chi connectivity index (χ2n) is 5.90. The molecular weight excluding hydrogens is 363 g/mol. The molecular formula is C18H24Cl2N2O3. The molecule has 0 aliphatic heterocycles. The molecule has 0 saturated heterocycles. The Hall–Kier alpha value is -1.82. The summed E-state index contributed by atoms with van der Waals surface area (Å²) in [6.45, 7) is 7.90. The van der Waals surface area contributed by atoms with Gasteiger partial charge in [0.25, 0.3) is 0 Å². The average molecular weight is 387 g/mol. The first-order valence-electron chi connectivity index (χ1n) is 7.80. The molecule has 0 amide bonds. The number of nitrogen functional groups attached to an aromatic ring is 2. The number of nitrogens with two attached hydrogens (primary N) is 2. The van der Waals surface area contributed by atoms with Crippen molar-refractivity contribution in [1.29, 1.82) is 0 Å². The van der Waals surface area contributed by atoms with Gasteiger partial charge in [0, 0.05) is 0 Å². The predicted molar refractivity (Wildman–Crippen MR) is 105 cm³/mol. The maximum Gasteiger partial charge on any atom is 0.143 e. The van der Waals surface area contributed by atoms with Crippen molar-refractivity contribution in [2.24, 2.45) is 0 Å². The van der Waals surface area contributed by atoms with Gasteiger partial charge >= 0.3 is 0 Å². The van der Waals surface area contributed by atoms with Crippen LogP contribution < -0.4 is 20.9 Å². The Balaban J connectivity index is 0.000000970. The van der Waals surface area contributed by atoms with Gasteiger partial charge in [0.2, 0.25) is 0 Å². The van der Waals surface area contributed by atoms with E-state index in [-0.39, 0.29) is 12.2 Å². The fourth-order valence-corrected chi connectivity index (χ4v) is 2.14. The van der Waals surface area contributed by atoms with Crippen molar-refractivity contribution >= 4 is 35.1 Å². The van der Waals surface area contributed by atoms with Crippen LogP contribution in [-0.2, 0) is 3.84 Å². The van der Waals surface area contributed by atoms with Crippen molar-refractivity contribution < 1.29 is 13.3 Å². The van der Waals surface area contributed by atoms with Gasteiger partial charge < -0.3 is 20.9 Å². The smallest absolute Gasteiger partial charge is 0.143 e. The number of hydrogen-bond acceptors (Lipinski definition) is 5. The van der Waals surface area contributed by atoms with Gasteiger partial charge in [0.15, 0.2) is 0 Å². The molecule has 2 aromatic carbocycles. The van der Waals surface area contributed by atoms with E-state index >= 15 is 0 Å². The molecule has 0 unspecified atom stereocenters. The van der Waals surface area contributed by atoms with Crippen molar-refractivity contribution in [3.63, 3.8) is 0 Å². The number of rotatable bonds is 5. The second-order valence-corrected chi connectivity index (χ2v) is 6.36. The van der Waals surface area contributed by atoms with Gasteiger partial charge in [-0.3, -0.25) is 0 Å². The summed E-state index contributed by atoms with van der Waals surface area (Å²) in [6, 6.07) is 11.5. The fourth-order valence-electron chi connectivity index (χ4n) is 2.14. The fraction of sp³-hybridized carbons (Fsp3) is 0.333. The van der Waals surface area contributed by atoms with Crippen LogP contribution in [0.15, 0.2) is 36.4 Å². The van der Waals surface area contributed by atoms with E-state index in [1.54, 1.807) is 0 Å². The van der Waals surface area contributed by atoms with Crippen LogP contribution in [0.2, 0.25) is 0 Å². The first-order valence-corrected chi connectivity index (χ1v) is 8.42. The van der Waals surface area contributed by atoms with Gasteiger partial charge in [0.05, 0.1) is 47.3 Å². The SMILES string of the molecule is CC(C)Oc1cc(-c2ccc(N)c(OC(C)C)c2)ccc1N.ClOCl. The van der Waals surface area contributed by atoms with Crippen LogP contribution in [0.4, 0.5) is 11.4 Å². The Morgan fingerprint density at radius 3 is 1.32 bits per heavy atom. The highest BCUT2D eigenvalue weighted by atomic mass is 35.6. The number of halogens is 2. The molecule has 0 fully saturated rings. The van der Waals surface area contributed by atoms with Gasteiger partial charge in [-0.15, -0.1) is 0 Å².